The van der Waals surface area contributed by atoms with E-state index in [-0.39, 0.29) is 11.9 Å². The van der Waals surface area contributed by atoms with Crippen molar-refractivity contribution in [2.24, 2.45) is 0 Å². The molecule has 32 heavy (non-hydrogen) atoms. The summed E-state index contributed by atoms with van der Waals surface area (Å²) in [7, 11) is -3.53. The summed E-state index contributed by atoms with van der Waals surface area (Å²) in [5.41, 5.74) is 1.33. The van der Waals surface area contributed by atoms with Gasteiger partial charge in [-0.25, -0.2) is 17.5 Å². The molecule has 1 N–H and O–H groups in total. The first-order chi connectivity index (χ1) is 15.5. The van der Waals surface area contributed by atoms with Crippen LogP contribution in [0.5, 0.6) is 0 Å². The van der Waals surface area contributed by atoms with E-state index in [4.69, 9.17) is 4.52 Å². The Bertz CT molecular complexity index is 1340. The molecule has 0 bridgehead atoms. The number of hydrogen-bond donors (Lipinski definition) is 1. The smallest absolute Gasteiger partial charge is 0.242 e. The highest BCUT2D eigenvalue weighted by atomic mass is 32.2. The van der Waals surface area contributed by atoms with Crippen molar-refractivity contribution < 1.29 is 17.3 Å². The molecule has 0 aliphatic carbocycles. The van der Waals surface area contributed by atoms with Gasteiger partial charge in [0.05, 0.1) is 5.69 Å². The van der Waals surface area contributed by atoms with E-state index in [0.29, 0.717) is 10.5 Å². The molecule has 9 heteroatoms. The zero-order valence-electron chi connectivity index (χ0n) is 17.5. The van der Waals surface area contributed by atoms with Gasteiger partial charge in [-0.15, -0.1) is 11.3 Å². The van der Waals surface area contributed by atoms with Crippen LogP contribution in [0.4, 0.5) is 4.39 Å². The molecule has 0 atom stereocenters. The van der Waals surface area contributed by atoms with E-state index in [9.17, 15) is 12.8 Å². The second-order valence-corrected chi connectivity index (χ2v) is 10.8. The Balaban J connectivity index is 1.12. The predicted octanol–water partition coefficient (Wildman–Crippen LogP) is 4.56. The fraction of sp³-hybridized carbons (Fsp3) is 0.348. The average molecular weight is 474 g/mol. The molecule has 5 rings (SSSR count). The van der Waals surface area contributed by atoms with Crippen LogP contribution in [0.3, 0.4) is 0 Å². The lowest BCUT2D eigenvalue weighted by atomic mass is 10.1. The van der Waals surface area contributed by atoms with Gasteiger partial charge in [0.25, 0.3) is 0 Å². The molecule has 2 aromatic heterocycles. The molecule has 0 spiro atoms. The normalized spacial score (nSPS) is 16.3. The monoisotopic (exact) mass is 473 g/mol. The Kier molecular flexibility index (Phi) is 5.98. The van der Waals surface area contributed by atoms with Crippen molar-refractivity contribution in [2.75, 3.05) is 19.6 Å². The lowest BCUT2D eigenvalue weighted by molar-refractivity contribution is 0.205. The highest BCUT2D eigenvalue weighted by Crippen LogP contribution is 2.29. The number of likely N-dealkylation sites (tertiary alicyclic amines) is 1. The summed E-state index contributed by atoms with van der Waals surface area (Å²) >= 11 is 1.45. The molecule has 168 valence electrons. The minimum atomic E-state index is -3.53. The van der Waals surface area contributed by atoms with E-state index in [1.807, 2.05) is 24.3 Å². The van der Waals surface area contributed by atoms with E-state index in [1.54, 1.807) is 11.4 Å². The van der Waals surface area contributed by atoms with Crippen molar-refractivity contribution >= 4 is 42.4 Å². The number of aromatic nitrogens is 1. The van der Waals surface area contributed by atoms with Gasteiger partial charge in [-0.1, -0.05) is 23.4 Å². The second kappa shape index (κ2) is 8.90. The van der Waals surface area contributed by atoms with E-state index < -0.39 is 10.0 Å². The summed E-state index contributed by atoms with van der Waals surface area (Å²) in [6.07, 6.45) is 3.24. The number of sulfonamides is 1. The van der Waals surface area contributed by atoms with Crippen molar-refractivity contribution in [1.82, 2.24) is 14.8 Å². The summed E-state index contributed by atoms with van der Waals surface area (Å²) in [6.45, 7) is 2.61. The van der Waals surface area contributed by atoms with Crippen LogP contribution in [0.2, 0.25) is 0 Å². The number of halogens is 1. The first kappa shape index (κ1) is 21.5. The fourth-order valence-corrected chi connectivity index (χ4v) is 7.14. The molecule has 1 aliphatic heterocycles. The van der Waals surface area contributed by atoms with Crippen LogP contribution in [0.15, 0.2) is 57.3 Å². The molecule has 4 aromatic rings. The van der Waals surface area contributed by atoms with E-state index >= 15 is 0 Å². The van der Waals surface area contributed by atoms with Gasteiger partial charge in [-0.3, -0.25) is 0 Å². The lowest BCUT2D eigenvalue weighted by Crippen LogP contribution is -2.44. The van der Waals surface area contributed by atoms with Gasteiger partial charge >= 0.3 is 0 Å². The number of piperidine rings is 1. The number of nitrogens with zero attached hydrogens (tertiary/aromatic N) is 2. The molecule has 0 unspecified atom stereocenters. The van der Waals surface area contributed by atoms with Crippen LogP contribution in [0, 0.1) is 5.82 Å². The summed E-state index contributed by atoms with van der Waals surface area (Å²) in [4.78, 5) is 2.73. The van der Waals surface area contributed by atoms with Crippen molar-refractivity contribution in [2.45, 2.75) is 36.6 Å². The van der Waals surface area contributed by atoms with Crippen LogP contribution >= 0.6 is 11.3 Å². The van der Waals surface area contributed by atoms with Crippen LogP contribution in [0.1, 0.15) is 25.0 Å². The maximum absolute atomic E-state index is 13.3. The van der Waals surface area contributed by atoms with E-state index in [1.165, 1.54) is 23.5 Å². The van der Waals surface area contributed by atoms with Gasteiger partial charge in [0.15, 0.2) is 5.58 Å². The minimum absolute atomic E-state index is 0.0516. The number of thiophene rings is 1. The average Bonchev–Trinajstić information content (AvgIpc) is 3.39. The van der Waals surface area contributed by atoms with E-state index in [0.717, 1.165) is 66.5 Å². The van der Waals surface area contributed by atoms with Crippen molar-refractivity contribution in [1.29, 1.82) is 0 Å². The Morgan fingerprint density at radius 1 is 1.16 bits per heavy atom. The maximum Gasteiger partial charge on any atom is 0.242 e. The first-order valence-corrected chi connectivity index (χ1v) is 13.1. The maximum atomic E-state index is 13.3. The minimum Gasteiger partial charge on any atom is -0.356 e. The van der Waals surface area contributed by atoms with Crippen molar-refractivity contribution in [3.8, 4) is 0 Å². The van der Waals surface area contributed by atoms with E-state index in [2.05, 4.69) is 14.8 Å². The topological polar surface area (TPSA) is 75.4 Å². The predicted molar refractivity (Wildman–Crippen MR) is 124 cm³/mol. The Morgan fingerprint density at radius 3 is 2.81 bits per heavy atom. The molecular formula is C23H24FN3O3S2. The molecule has 1 saturated heterocycles. The Morgan fingerprint density at radius 2 is 1.97 bits per heavy atom. The third-order valence-electron chi connectivity index (χ3n) is 6.04. The third kappa shape index (κ3) is 4.43. The molecule has 1 aliphatic rings. The zero-order valence-corrected chi connectivity index (χ0v) is 19.1. The molecule has 3 heterocycles. The lowest BCUT2D eigenvalue weighted by Gasteiger charge is -2.32. The summed E-state index contributed by atoms with van der Waals surface area (Å²) < 4.78 is 48.3. The quantitative estimate of drug-likeness (QED) is 0.426. The molecule has 6 nitrogen and oxygen atoms in total. The number of fused-ring (bicyclic) bond motifs is 2. The number of nitrogens with one attached hydrogen (secondary N) is 1. The molecule has 0 saturated carbocycles. The van der Waals surface area contributed by atoms with Crippen molar-refractivity contribution in [3.05, 3.63) is 59.4 Å². The number of rotatable bonds is 7. The van der Waals surface area contributed by atoms with Crippen LogP contribution in [-0.2, 0) is 16.4 Å². The van der Waals surface area contributed by atoms with Gasteiger partial charge < -0.3 is 9.42 Å². The molecule has 0 amide bonds. The third-order valence-corrected chi connectivity index (χ3v) is 8.71. The number of benzene rings is 2. The van der Waals surface area contributed by atoms with Crippen LogP contribution < -0.4 is 4.72 Å². The Hall–Kier alpha value is -2.33. The van der Waals surface area contributed by atoms with Gasteiger partial charge in [-0.05, 0) is 63.5 Å². The zero-order chi connectivity index (χ0) is 22.1. The Labute approximate surface area is 190 Å². The van der Waals surface area contributed by atoms with Gasteiger partial charge in [0.1, 0.15) is 10.7 Å². The molecule has 0 radical (unpaired) electrons. The number of aryl methyl sites for hydroxylation is 1. The van der Waals surface area contributed by atoms with Crippen LogP contribution in [0.25, 0.3) is 21.1 Å². The largest absolute Gasteiger partial charge is 0.356 e. The van der Waals surface area contributed by atoms with Gasteiger partial charge in [-0.2, -0.15) is 0 Å². The summed E-state index contributed by atoms with van der Waals surface area (Å²) in [5.74, 6) is -0.328. The van der Waals surface area contributed by atoms with Gasteiger partial charge in [0, 0.05) is 33.0 Å². The van der Waals surface area contributed by atoms with Gasteiger partial charge in [0.2, 0.25) is 10.0 Å². The van der Waals surface area contributed by atoms with Crippen molar-refractivity contribution in [3.63, 3.8) is 0 Å². The summed E-state index contributed by atoms with van der Waals surface area (Å²) in [5, 5.41) is 7.45. The molecule has 2 aromatic carbocycles. The highest BCUT2D eigenvalue weighted by molar-refractivity contribution is 7.90. The standard InChI is InChI=1S/C23H24FN3O3S2/c24-16-7-8-18-20(25-30-21(18)14-16)5-3-11-27-12-9-17(10-13-27)26-32(28,29)23-15-31-22-6-2-1-4-19(22)23/h1-2,4,6-8,14-15,17,26H,3,5,9-13H2. The summed E-state index contributed by atoms with van der Waals surface area (Å²) in [6, 6.07) is 12.0. The number of hydrogen-bond acceptors (Lipinski definition) is 6. The SMILES string of the molecule is O=S(=O)(NC1CCN(CCCc2noc3cc(F)ccc23)CC1)c1csc2ccccc12. The molecule has 1 fully saturated rings. The molecular weight excluding hydrogens is 449 g/mol. The first-order valence-electron chi connectivity index (χ1n) is 10.7. The van der Waals surface area contributed by atoms with Crippen LogP contribution in [-0.4, -0.2) is 44.2 Å². The fourth-order valence-electron chi connectivity index (χ4n) is 4.33. The second-order valence-electron chi connectivity index (χ2n) is 8.21. The highest BCUT2D eigenvalue weighted by Gasteiger charge is 2.26.